The Labute approximate surface area is 85.3 Å². The van der Waals surface area contributed by atoms with Gasteiger partial charge in [-0.1, -0.05) is 0 Å². The molecular formula is C8H12N2OS2. The third-order valence-corrected chi connectivity index (χ3v) is 5.19. The molecule has 3 nitrogen and oxygen atoms in total. The summed E-state index contributed by atoms with van der Waals surface area (Å²) < 4.78 is 2.43. The highest BCUT2D eigenvalue weighted by atomic mass is 32.2. The van der Waals surface area contributed by atoms with E-state index < -0.39 is 0 Å². The standard InChI is InChI=1S/C8H12N2OS2/c11-8-9-2-4-10(8)3-1-7-12-5-6-13-7/h2,4,7H,1,3,5-6H2,(H,9,11). The normalized spacial score (nSPS) is 18.2. The van der Waals surface area contributed by atoms with Crippen LogP contribution in [0.4, 0.5) is 0 Å². The Hall–Kier alpha value is -0.290. The Morgan fingerprint density at radius 1 is 1.54 bits per heavy atom. The van der Waals surface area contributed by atoms with Gasteiger partial charge in [-0.3, -0.25) is 4.57 Å². The van der Waals surface area contributed by atoms with Crippen molar-refractivity contribution in [3.63, 3.8) is 0 Å². The van der Waals surface area contributed by atoms with E-state index in [1.807, 2.05) is 29.7 Å². The van der Waals surface area contributed by atoms with Gasteiger partial charge in [-0.2, -0.15) is 0 Å². The molecule has 0 aromatic carbocycles. The van der Waals surface area contributed by atoms with E-state index in [0.717, 1.165) is 13.0 Å². The zero-order chi connectivity index (χ0) is 9.10. The fourth-order valence-corrected chi connectivity index (χ4v) is 4.15. The Morgan fingerprint density at radius 2 is 2.31 bits per heavy atom. The highest BCUT2D eigenvalue weighted by Gasteiger charge is 2.15. The quantitative estimate of drug-likeness (QED) is 0.829. The van der Waals surface area contributed by atoms with Gasteiger partial charge in [-0.05, 0) is 6.42 Å². The van der Waals surface area contributed by atoms with Gasteiger partial charge >= 0.3 is 5.69 Å². The van der Waals surface area contributed by atoms with E-state index in [-0.39, 0.29) is 5.69 Å². The average molecular weight is 216 g/mol. The molecule has 0 saturated carbocycles. The maximum Gasteiger partial charge on any atom is 0.325 e. The van der Waals surface area contributed by atoms with E-state index in [4.69, 9.17) is 0 Å². The van der Waals surface area contributed by atoms with Gasteiger partial charge in [-0.25, -0.2) is 4.79 Å². The summed E-state index contributed by atoms with van der Waals surface area (Å²) in [5.41, 5.74) is 0.00740. The van der Waals surface area contributed by atoms with Crippen LogP contribution in [0.15, 0.2) is 17.2 Å². The molecule has 1 saturated heterocycles. The number of aromatic amines is 1. The number of aryl methyl sites for hydroxylation is 1. The lowest BCUT2D eigenvalue weighted by atomic mass is 10.5. The Kier molecular flexibility index (Phi) is 3.05. The fraction of sp³-hybridized carbons (Fsp3) is 0.625. The molecule has 0 amide bonds. The van der Waals surface area contributed by atoms with Crippen molar-refractivity contribution < 1.29 is 0 Å². The predicted octanol–water partition coefficient (Wildman–Crippen LogP) is 1.37. The Bertz CT molecular complexity index is 314. The highest BCUT2D eigenvalue weighted by Crippen LogP contribution is 2.34. The van der Waals surface area contributed by atoms with E-state index in [9.17, 15) is 4.79 Å². The minimum absolute atomic E-state index is 0.00740. The summed E-state index contributed by atoms with van der Waals surface area (Å²) in [6.07, 6.45) is 4.59. The van der Waals surface area contributed by atoms with Gasteiger partial charge in [0.15, 0.2) is 0 Å². The second-order valence-corrected chi connectivity index (χ2v) is 5.84. The number of rotatable bonds is 3. The molecule has 13 heavy (non-hydrogen) atoms. The molecule has 5 heteroatoms. The molecule has 2 rings (SSSR count). The molecule has 1 aromatic heterocycles. The number of aromatic nitrogens is 2. The minimum Gasteiger partial charge on any atom is -0.313 e. The molecule has 0 aliphatic carbocycles. The molecule has 0 spiro atoms. The first-order valence-electron chi connectivity index (χ1n) is 4.33. The third kappa shape index (κ3) is 2.34. The minimum atomic E-state index is 0.00740. The van der Waals surface area contributed by atoms with Crippen LogP contribution in [0.3, 0.4) is 0 Å². The summed E-state index contributed by atoms with van der Waals surface area (Å²) in [5, 5.41) is 0. The molecule has 2 heterocycles. The molecular weight excluding hydrogens is 204 g/mol. The molecule has 1 N–H and O–H groups in total. The van der Waals surface area contributed by atoms with E-state index in [2.05, 4.69) is 4.98 Å². The zero-order valence-corrected chi connectivity index (χ0v) is 8.87. The molecule has 1 aliphatic rings. The number of nitrogens with one attached hydrogen (secondary N) is 1. The van der Waals surface area contributed by atoms with Crippen LogP contribution >= 0.6 is 23.5 Å². The first kappa shape index (κ1) is 9.27. The SMILES string of the molecule is O=c1[nH]ccn1CCC1SCCS1. The van der Waals surface area contributed by atoms with Gasteiger partial charge < -0.3 is 4.98 Å². The van der Waals surface area contributed by atoms with Crippen molar-refractivity contribution in [2.75, 3.05) is 11.5 Å². The topological polar surface area (TPSA) is 37.8 Å². The summed E-state index contributed by atoms with van der Waals surface area (Å²) in [7, 11) is 0. The van der Waals surface area contributed by atoms with E-state index >= 15 is 0 Å². The van der Waals surface area contributed by atoms with Crippen molar-refractivity contribution in [1.82, 2.24) is 9.55 Å². The van der Waals surface area contributed by atoms with Gasteiger partial charge in [-0.15, -0.1) is 23.5 Å². The predicted molar refractivity (Wildman–Crippen MR) is 58.4 cm³/mol. The summed E-state index contributed by atoms with van der Waals surface area (Å²) >= 11 is 4.01. The number of nitrogens with zero attached hydrogens (tertiary/aromatic N) is 1. The molecule has 0 atom stereocenters. The lowest BCUT2D eigenvalue weighted by Crippen LogP contribution is -2.17. The van der Waals surface area contributed by atoms with Crippen LogP contribution in [0, 0.1) is 0 Å². The summed E-state index contributed by atoms with van der Waals surface area (Å²) in [6.45, 7) is 0.840. The first-order valence-corrected chi connectivity index (χ1v) is 6.43. The van der Waals surface area contributed by atoms with Gasteiger partial charge in [0, 0.05) is 30.4 Å². The maximum atomic E-state index is 11.1. The van der Waals surface area contributed by atoms with Crippen molar-refractivity contribution in [2.45, 2.75) is 17.5 Å². The molecule has 1 aliphatic heterocycles. The monoisotopic (exact) mass is 216 g/mol. The molecule has 1 aromatic rings. The van der Waals surface area contributed by atoms with Gasteiger partial charge in [0.05, 0.1) is 4.58 Å². The van der Waals surface area contributed by atoms with Gasteiger partial charge in [0.1, 0.15) is 0 Å². The second-order valence-electron chi connectivity index (χ2n) is 2.92. The number of H-pyrrole nitrogens is 1. The van der Waals surface area contributed by atoms with Crippen LogP contribution < -0.4 is 5.69 Å². The fourth-order valence-electron chi connectivity index (χ4n) is 1.34. The molecule has 0 bridgehead atoms. The van der Waals surface area contributed by atoms with Gasteiger partial charge in [0.2, 0.25) is 0 Å². The van der Waals surface area contributed by atoms with Crippen molar-refractivity contribution >= 4 is 23.5 Å². The van der Waals surface area contributed by atoms with Crippen LogP contribution in [0.1, 0.15) is 6.42 Å². The van der Waals surface area contributed by atoms with Crippen molar-refractivity contribution in [3.8, 4) is 0 Å². The van der Waals surface area contributed by atoms with Crippen LogP contribution in [-0.4, -0.2) is 25.6 Å². The van der Waals surface area contributed by atoms with Gasteiger partial charge in [0.25, 0.3) is 0 Å². The Balaban J connectivity index is 1.85. The van der Waals surface area contributed by atoms with Crippen LogP contribution in [-0.2, 0) is 6.54 Å². The van der Waals surface area contributed by atoms with Crippen molar-refractivity contribution in [1.29, 1.82) is 0 Å². The lowest BCUT2D eigenvalue weighted by molar-refractivity contribution is 0.652. The van der Waals surface area contributed by atoms with Crippen molar-refractivity contribution in [3.05, 3.63) is 22.9 Å². The smallest absolute Gasteiger partial charge is 0.313 e. The number of hydrogen-bond donors (Lipinski definition) is 1. The third-order valence-electron chi connectivity index (χ3n) is 2.02. The molecule has 1 fully saturated rings. The average Bonchev–Trinajstić information content (AvgIpc) is 2.72. The summed E-state index contributed by atoms with van der Waals surface area (Å²) in [5.74, 6) is 2.52. The number of imidazole rings is 1. The molecule has 0 unspecified atom stereocenters. The molecule has 0 radical (unpaired) electrons. The van der Waals surface area contributed by atoms with E-state index in [1.165, 1.54) is 11.5 Å². The largest absolute Gasteiger partial charge is 0.325 e. The zero-order valence-electron chi connectivity index (χ0n) is 7.23. The maximum absolute atomic E-state index is 11.1. The highest BCUT2D eigenvalue weighted by molar-refractivity contribution is 8.20. The Morgan fingerprint density at radius 3 is 2.92 bits per heavy atom. The summed E-state index contributed by atoms with van der Waals surface area (Å²) in [4.78, 5) is 13.8. The van der Waals surface area contributed by atoms with Crippen LogP contribution in [0.25, 0.3) is 0 Å². The van der Waals surface area contributed by atoms with E-state index in [1.54, 1.807) is 10.8 Å². The second kappa shape index (κ2) is 4.28. The lowest BCUT2D eigenvalue weighted by Gasteiger charge is -2.06. The first-order chi connectivity index (χ1) is 6.36. The van der Waals surface area contributed by atoms with Crippen molar-refractivity contribution in [2.24, 2.45) is 0 Å². The summed E-state index contributed by atoms with van der Waals surface area (Å²) in [6, 6.07) is 0. The van der Waals surface area contributed by atoms with Crippen LogP contribution in [0.5, 0.6) is 0 Å². The molecule has 72 valence electrons. The van der Waals surface area contributed by atoms with Crippen LogP contribution in [0.2, 0.25) is 0 Å². The number of hydrogen-bond acceptors (Lipinski definition) is 3. The van der Waals surface area contributed by atoms with E-state index in [0.29, 0.717) is 4.58 Å². The number of thioether (sulfide) groups is 2.